The third-order valence-electron chi connectivity index (χ3n) is 3.20. The number of hydrogen-bond donors (Lipinski definition) is 2. The Labute approximate surface area is 136 Å². The number of ether oxygens (including phenoxy) is 1. The van der Waals surface area contributed by atoms with Gasteiger partial charge in [0.2, 0.25) is 0 Å². The standard InChI is InChI=1S/C15H15N5O2S/c16-13-12-11(23-15(17)21)6-20(14(12)19-8-18-13)9-22-7-10-4-2-1-3-5-10/h1-6,8H,7,9H2,(H2,17,21)(H2,16,18,19). The molecule has 0 fully saturated rings. The number of hydrogen-bond acceptors (Lipinski definition) is 6. The number of nitrogens with zero attached hydrogens (tertiary/aromatic N) is 3. The molecule has 0 saturated carbocycles. The molecule has 2 aromatic heterocycles. The molecule has 23 heavy (non-hydrogen) atoms. The topological polar surface area (TPSA) is 109 Å². The summed E-state index contributed by atoms with van der Waals surface area (Å²) in [7, 11) is 0. The number of aromatic nitrogens is 3. The van der Waals surface area contributed by atoms with Crippen molar-refractivity contribution in [2.45, 2.75) is 18.2 Å². The summed E-state index contributed by atoms with van der Waals surface area (Å²) in [6, 6.07) is 9.85. The van der Waals surface area contributed by atoms with Crippen LogP contribution in [0.4, 0.5) is 10.6 Å². The highest BCUT2D eigenvalue weighted by Crippen LogP contribution is 2.31. The molecule has 0 unspecified atom stereocenters. The Kier molecular flexibility index (Phi) is 4.45. The van der Waals surface area contributed by atoms with Crippen LogP contribution >= 0.6 is 11.8 Å². The molecule has 118 valence electrons. The fraction of sp³-hybridized carbons (Fsp3) is 0.133. The molecule has 7 nitrogen and oxygen atoms in total. The van der Waals surface area contributed by atoms with Gasteiger partial charge in [0.1, 0.15) is 24.5 Å². The summed E-state index contributed by atoms with van der Waals surface area (Å²) in [4.78, 5) is 20.0. The summed E-state index contributed by atoms with van der Waals surface area (Å²) in [5.74, 6) is 0.306. The van der Waals surface area contributed by atoms with Crippen molar-refractivity contribution in [2.24, 2.45) is 5.73 Å². The van der Waals surface area contributed by atoms with Gasteiger partial charge in [-0.2, -0.15) is 0 Å². The van der Waals surface area contributed by atoms with Gasteiger partial charge in [-0.1, -0.05) is 30.3 Å². The van der Waals surface area contributed by atoms with Gasteiger partial charge in [-0.3, -0.25) is 4.79 Å². The summed E-state index contributed by atoms with van der Waals surface area (Å²) in [6.07, 6.45) is 3.13. The van der Waals surface area contributed by atoms with Crippen molar-refractivity contribution >= 4 is 33.9 Å². The number of primary amides is 1. The molecule has 0 aliphatic carbocycles. The zero-order chi connectivity index (χ0) is 16.2. The number of amides is 1. The Morgan fingerprint density at radius 1 is 1.26 bits per heavy atom. The second-order valence-electron chi connectivity index (χ2n) is 4.80. The predicted molar refractivity (Wildman–Crippen MR) is 88.6 cm³/mol. The summed E-state index contributed by atoms with van der Waals surface area (Å²) in [5.41, 5.74) is 12.8. The molecule has 4 N–H and O–H groups in total. The maximum absolute atomic E-state index is 11.2. The zero-order valence-corrected chi connectivity index (χ0v) is 13.0. The Morgan fingerprint density at radius 3 is 2.78 bits per heavy atom. The highest BCUT2D eigenvalue weighted by atomic mass is 32.2. The lowest BCUT2D eigenvalue weighted by molar-refractivity contribution is 0.0662. The van der Waals surface area contributed by atoms with Crippen molar-refractivity contribution in [1.82, 2.24) is 14.5 Å². The molecule has 0 bridgehead atoms. The smallest absolute Gasteiger partial charge is 0.281 e. The Bertz CT molecular complexity index is 835. The Morgan fingerprint density at radius 2 is 2.04 bits per heavy atom. The number of benzene rings is 1. The molecule has 0 saturated heterocycles. The minimum absolute atomic E-state index is 0.279. The van der Waals surface area contributed by atoms with Crippen molar-refractivity contribution < 1.29 is 9.53 Å². The van der Waals surface area contributed by atoms with Gasteiger partial charge < -0.3 is 20.8 Å². The lowest BCUT2D eigenvalue weighted by Crippen LogP contribution is -2.03. The molecule has 0 radical (unpaired) electrons. The van der Waals surface area contributed by atoms with E-state index in [0.29, 0.717) is 28.4 Å². The van der Waals surface area contributed by atoms with Gasteiger partial charge in [-0.25, -0.2) is 9.97 Å². The normalized spacial score (nSPS) is 11.0. The van der Waals surface area contributed by atoms with E-state index in [0.717, 1.165) is 17.3 Å². The first-order valence-electron chi connectivity index (χ1n) is 6.83. The number of rotatable bonds is 5. The number of carbonyl (C=O) groups is 1. The van der Waals surface area contributed by atoms with E-state index < -0.39 is 5.24 Å². The monoisotopic (exact) mass is 329 g/mol. The van der Waals surface area contributed by atoms with E-state index in [1.807, 2.05) is 30.3 Å². The molecule has 2 heterocycles. The van der Waals surface area contributed by atoms with E-state index in [1.165, 1.54) is 6.33 Å². The molecule has 3 rings (SSSR count). The van der Waals surface area contributed by atoms with E-state index in [-0.39, 0.29) is 6.73 Å². The highest BCUT2D eigenvalue weighted by Gasteiger charge is 2.15. The van der Waals surface area contributed by atoms with E-state index in [4.69, 9.17) is 16.2 Å². The molecular formula is C15H15N5O2S. The summed E-state index contributed by atoms with van der Waals surface area (Å²) in [5, 5.41) is 0.0946. The van der Waals surface area contributed by atoms with Crippen molar-refractivity contribution in [1.29, 1.82) is 0 Å². The molecule has 0 aliphatic rings. The van der Waals surface area contributed by atoms with Gasteiger partial charge in [0.25, 0.3) is 5.24 Å². The molecular weight excluding hydrogens is 314 g/mol. The Balaban J connectivity index is 1.83. The Hall–Kier alpha value is -2.58. The fourth-order valence-corrected chi connectivity index (χ4v) is 2.93. The first-order valence-corrected chi connectivity index (χ1v) is 7.65. The van der Waals surface area contributed by atoms with Crippen LogP contribution in [0.25, 0.3) is 11.0 Å². The quantitative estimate of drug-likeness (QED) is 0.695. The molecule has 1 aromatic carbocycles. The summed E-state index contributed by atoms with van der Waals surface area (Å²) >= 11 is 0.895. The zero-order valence-electron chi connectivity index (χ0n) is 12.2. The lowest BCUT2D eigenvalue weighted by atomic mass is 10.2. The summed E-state index contributed by atoms with van der Waals surface area (Å²) in [6.45, 7) is 0.751. The number of nitrogens with two attached hydrogens (primary N) is 2. The molecule has 0 aliphatic heterocycles. The van der Waals surface area contributed by atoms with Gasteiger partial charge in [0.15, 0.2) is 0 Å². The fourth-order valence-electron chi connectivity index (χ4n) is 2.23. The van der Waals surface area contributed by atoms with E-state index >= 15 is 0 Å². The van der Waals surface area contributed by atoms with Gasteiger partial charge in [0, 0.05) is 11.1 Å². The SMILES string of the molecule is NC(=O)Sc1cn(COCc2ccccc2)c2ncnc(N)c12. The second kappa shape index (κ2) is 6.67. The number of fused-ring (bicyclic) bond motifs is 1. The molecule has 0 atom stereocenters. The van der Waals surface area contributed by atoms with Crippen LogP contribution in [0.1, 0.15) is 5.56 Å². The highest BCUT2D eigenvalue weighted by molar-refractivity contribution is 8.13. The third-order valence-corrected chi connectivity index (χ3v) is 3.93. The number of nitrogen functional groups attached to an aromatic ring is 1. The van der Waals surface area contributed by atoms with Crippen LogP contribution in [-0.2, 0) is 18.1 Å². The van der Waals surface area contributed by atoms with Crippen LogP contribution in [-0.4, -0.2) is 19.8 Å². The third kappa shape index (κ3) is 3.43. The predicted octanol–water partition coefficient (Wildman–Crippen LogP) is 2.36. The van der Waals surface area contributed by atoms with Crippen molar-refractivity contribution in [3.05, 3.63) is 48.4 Å². The van der Waals surface area contributed by atoms with Gasteiger partial charge >= 0.3 is 0 Å². The first-order chi connectivity index (χ1) is 11.1. The number of thioether (sulfide) groups is 1. The average molecular weight is 329 g/mol. The van der Waals surface area contributed by atoms with Crippen molar-refractivity contribution in [3.8, 4) is 0 Å². The maximum Gasteiger partial charge on any atom is 0.281 e. The van der Waals surface area contributed by atoms with Crippen molar-refractivity contribution in [2.75, 3.05) is 5.73 Å². The van der Waals surface area contributed by atoms with Gasteiger partial charge in [0.05, 0.1) is 12.0 Å². The van der Waals surface area contributed by atoms with Crippen molar-refractivity contribution in [3.63, 3.8) is 0 Å². The minimum Gasteiger partial charge on any atom is -0.383 e. The van der Waals surface area contributed by atoms with Crippen LogP contribution in [0.2, 0.25) is 0 Å². The van der Waals surface area contributed by atoms with E-state index in [1.54, 1.807) is 10.8 Å². The van der Waals surface area contributed by atoms with Gasteiger partial charge in [-0.15, -0.1) is 0 Å². The van der Waals surface area contributed by atoms with Crippen LogP contribution in [0.5, 0.6) is 0 Å². The largest absolute Gasteiger partial charge is 0.383 e. The van der Waals surface area contributed by atoms with Gasteiger partial charge in [-0.05, 0) is 17.3 Å². The maximum atomic E-state index is 11.2. The number of anilines is 1. The van der Waals surface area contributed by atoms with Crippen LogP contribution in [0.3, 0.4) is 0 Å². The van der Waals surface area contributed by atoms with E-state index in [2.05, 4.69) is 9.97 Å². The van der Waals surface area contributed by atoms with E-state index in [9.17, 15) is 4.79 Å². The number of carbonyl (C=O) groups excluding carboxylic acids is 1. The lowest BCUT2D eigenvalue weighted by Gasteiger charge is -2.06. The van der Waals surface area contributed by atoms with Crippen LogP contribution in [0.15, 0.2) is 47.8 Å². The molecule has 0 spiro atoms. The second-order valence-corrected chi connectivity index (χ2v) is 5.85. The first kappa shape index (κ1) is 15.3. The minimum atomic E-state index is -0.516. The average Bonchev–Trinajstić information content (AvgIpc) is 2.87. The van der Waals surface area contributed by atoms with Crippen LogP contribution in [0, 0.1) is 0 Å². The summed E-state index contributed by atoms with van der Waals surface area (Å²) < 4.78 is 7.49. The molecule has 3 aromatic rings. The molecule has 8 heteroatoms. The van der Waals surface area contributed by atoms with Crippen LogP contribution < -0.4 is 11.5 Å². The molecule has 1 amide bonds.